The SMILES string of the molecule is COCCn1nc(C)c(CNC(=O)N(C)Cc2ccc(C(F)(F)F)cc2)c1C. The molecule has 9 heteroatoms. The van der Waals surface area contributed by atoms with Crippen LogP contribution in [0.25, 0.3) is 0 Å². The number of carbonyl (C=O) groups excluding carboxylic acids is 1. The summed E-state index contributed by atoms with van der Waals surface area (Å²) >= 11 is 0. The molecular formula is C19H25F3N4O2. The van der Waals surface area contributed by atoms with Crippen LogP contribution in [0.1, 0.15) is 28.1 Å². The van der Waals surface area contributed by atoms with Gasteiger partial charge in [-0.25, -0.2) is 4.79 Å². The number of ether oxygens (including phenoxy) is 1. The largest absolute Gasteiger partial charge is 0.416 e. The molecule has 0 aliphatic carbocycles. The highest BCUT2D eigenvalue weighted by atomic mass is 19.4. The molecule has 154 valence electrons. The highest BCUT2D eigenvalue weighted by Gasteiger charge is 2.30. The summed E-state index contributed by atoms with van der Waals surface area (Å²) in [6.07, 6.45) is -4.37. The zero-order valence-corrected chi connectivity index (χ0v) is 16.4. The maximum Gasteiger partial charge on any atom is 0.416 e. The Labute approximate surface area is 162 Å². The van der Waals surface area contributed by atoms with Crippen LogP contribution in [0.3, 0.4) is 0 Å². The van der Waals surface area contributed by atoms with Gasteiger partial charge in [-0.3, -0.25) is 4.68 Å². The second-order valence-electron chi connectivity index (χ2n) is 6.57. The number of halogens is 3. The van der Waals surface area contributed by atoms with Crippen molar-refractivity contribution in [3.8, 4) is 0 Å². The number of alkyl halides is 3. The fourth-order valence-electron chi connectivity index (χ4n) is 2.83. The lowest BCUT2D eigenvalue weighted by Crippen LogP contribution is -2.36. The molecule has 0 bridgehead atoms. The van der Waals surface area contributed by atoms with Crippen LogP contribution in [-0.4, -0.2) is 41.5 Å². The van der Waals surface area contributed by atoms with Gasteiger partial charge in [-0.15, -0.1) is 0 Å². The summed E-state index contributed by atoms with van der Waals surface area (Å²) in [5, 5.41) is 7.27. The molecule has 0 atom stereocenters. The zero-order chi connectivity index (χ0) is 20.9. The smallest absolute Gasteiger partial charge is 0.383 e. The molecule has 0 spiro atoms. The second kappa shape index (κ2) is 9.09. The van der Waals surface area contributed by atoms with E-state index in [0.717, 1.165) is 29.1 Å². The lowest BCUT2D eigenvalue weighted by Gasteiger charge is -2.18. The van der Waals surface area contributed by atoms with Gasteiger partial charge in [0.2, 0.25) is 0 Å². The van der Waals surface area contributed by atoms with Gasteiger partial charge in [0.05, 0.1) is 24.4 Å². The third-order valence-electron chi connectivity index (χ3n) is 4.50. The molecule has 1 aromatic heterocycles. The predicted molar refractivity (Wildman–Crippen MR) is 98.7 cm³/mol. The molecule has 6 nitrogen and oxygen atoms in total. The number of rotatable bonds is 7. The van der Waals surface area contributed by atoms with E-state index in [1.54, 1.807) is 14.2 Å². The van der Waals surface area contributed by atoms with Crippen LogP contribution in [0.2, 0.25) is 0 Å². The Hall–Kier alpha value is -2.55. The number of hydrogen-bond acceptors (Lipinski definition) is 3. The van der Waals surface area contributed by atoms with Gasteiger partial charge in [-0.1, -0.05) is 12.1 Å². The molecule has 1 N–H and O–H groups in total. The summed E-state index contributed by atoms with van der Waals surface area (Å²) < 4.78 is 44.8. The van der Waals surface area contributed by atoms with Gasteiger partial charge in [-0.05, 0) is 31.5 Å². The Morgan fingerprint density at radius 2 is 1.89 bits per heavy atom. The Balaban J connectivity index is 1.93. The average Bonchev–Trinajstić information content (AvgIpc) is 2.90. The van der Waals surface area contributed by atoms with Gasteiger partial charge >= 0.3 is 12.2 Å². The van der Waals surface area contributed by atoms with Crippen LogP contribution in [0, 0.1) is 13.8 Å². The molecule has 0 saturated heterocycles. The summed E-state index contributed by atoms with van der Waals surface area (Å²) in [6, 6.07) is 4.47. The number of carbonyl (C=O) groups is 1. The van der Waals surface area contributed by atoms with E-state index >= 15 is 0 Å². The molecule has 1 aromatic carbocycles. The second-order valence-corrected chi connectivity index (χ2v) is 6.57. The van der Waals surface area contributed by atoms with Crippen LogP contribution in [-0.2, 0) is 30.5 Å². The van der Waals surface area contributed by atoms with E-state index in [1.807, 2.05) is 18.5 Å². The van der Waals surface area contributed by atoms with E-state index in [2.05, 4.69) is 10.4 Å². The maximum atomic E-state index is 12.6. The van der Waals surface area contributed by atoms with Gasteiger partial charge in [0, 0.05) is 38.5 Å². The van der Waals surface area contributed by atoms with E-state index in [1.165, 1.54) is 17.0 Å². The van der Waals surface area contributed by atoms with Crippen molar-refractivity contribution in [2.45, 2.75) is 39.7 Å². The zero-order valence-electron chi connectivity index (χ0n) is 16.4. The van der Waals surface area contributed by atoms with Crippen molar-refractivity contribution in [3.63, 3.8) is 0 Å². The lowest BCUT2D eigenvalue weighted by molar-refractivity contribution is -0.137. The molecule has 0 unspecified atom stereocenters. The molecule has 1 heterocycles. The molecule has 2 rings (SSSR count). The minimum Gasteiger partial charge on any atom is -0.383 e. The van der Waals surface area contributed by atoms with Crippen molar-refractivity contribution >= 4 is 6.03 Å². The Morgan fingerprint density at radius 3 is 2.46 bits per heavy atom. The van der Waals surface area contributed by atoms with Gasteiger partial charge < -0.3 is 15.0 Å². The summed E-state index contributed by atoms with van der Waals surface area (Å²) in [7, 11) is 3.22. The minimum absolute atomic E-state index is 0.203. The Kier molecular flexibility index (Phi) is 7.06. The average molecular weight is 398 g/mol. The van der Waals surface area contributed by atoms with Gasteiger partial charge in [-0.2, -0.15) is 18.3 Å². The van der Waals surface area contributed by atoms with E-state index in [0.29, 0.717) is 25.3 Å². The Morgan fingerprint density at radius 1 is 1.25 bits per heavy atom. The molecule has 0 aliphatic rings. The molecular weight excluding hydrogens is 373 g/mol. The first-order valence-corrected chi connectivity index (χ1v) is 8.80. The van der Waals surface area contributed by atoms with E-state index in [9.17, 15) is 18.0 Å². The molecule has 28 heavy (non-hydrogen) atoms. The number of nitrogens with one attached hydrogen (secondary N) is 1. The summed E-state index contributed by atoms with van der Waals surface area (Å²) in [5.41, 5.74) is 2.64. The summed E-state index contributed by atoms with van der Waals surface area (Å²) in [6.45, 7) is 5.51. The molecule has 2 amide bonds. The maximum absolute atomic E-state index is 12.6. The number of nitrogens with zero attached hydrogens (tertiary/aromatic N) is 3. The quantitative estimate of drug-likeness (QED) is 0.777. The van der Waals surface area contributed by atoms with Crippen LogP contribution in [0.4, 0.5) is 18.0 Å². The predicted octanol–water partition coefficient (Wildman–Crippen LogP) is 3.51. The Bertz CT molecular complexity index is 801. The first-order valence-electron chi connectivity index (χ1n) is 8.80. The first-order chi connectivity index (χ1) is 13.1. The number of aromatic nitrogens is 2. The molecule has 0 fully saturated rings. The fourth-order valence-corrected chi connectivity index (χ4v) is 2.83. The van der Waals surface area contributed by atoms with Crippen LogP contribution < -0.4 is 5.32 Å². The lowest BCUT2D eigenvalue weighted by atomic mass is 10.1. The summed E-state index contributed by atoms with van der Waals surface area (Å²) in [5.74, 6) is 0. The molecule has 2 aromatic rings. The number of benzene rings is 1. The van der Waals surface area contributed by atoms with E-state index in [4.69, 9.17) is 4.74 Å². The van der Waals surface area contributed by atoms with Crippen LogP contribution >= 0.6 is 0 Å². The summed E-state index contributed by atoms with van der Waals surface area (Å²) in [4.78, 5) is 13.8. The highest BCUT2D eigenvalue weighted by Crippen LogP contribution is 2.29. The van der Waals surface area contributed by atoms with Crippen molar-refractivity contribution in [3.05, 3.63) is 52.3 Å². The molecule has 0 aliphatic heterocycles. The number of urea groups is 1. The third-order valence-corrected chi connectivity index (χ3v) is 4.50. The number of aryl methyl sites for hydroxylation is 1. The standard InChI is InChI=1S/C19H25F3N4O2/c1-13-17(14(2)26(24-13)9-10-28-4)11-23-18(27)25(3)12-15-5-7-16(8-6-15)19(20,21)22/h5-8H,9-12H2,1-4H3,(H,23,27). The normalized spacial score (nSPS) is 11.5. The first kappa shape index (κ1) is 21.7. The van der Waals surface area contributed by atoms with Crippen LogP contribution in [0.5, 0.6) is 0 Å². The van der Waals surface area contributed by atoms with E-state index < -0.39 is 11.7 Å². The fraction of sp³-hybridized carbons (Fsp3) is 0.474. The molecule has 0 radical (unpaired) electrons. The van der Waals surface area contributed by atoms with E-state index in [-0.39, 0.29) is 12.6 Å². The van der Waals surface area contributed by atoms with Gasteiger partial charge in [0.25, 0.3) is 0 Å². The third kappa shape index (κ3) is 5.48. The topological polar surface area (TPSA) is 59.4 Å². The minimum atomic E-state index is -4.37. The highest BCUT2D eigenvalue weighted by molar-refractivity contribution is 5.73. The number of hydrogen-bond donors (Lipinski definition) is 1. The van der Waals surface area contributed by atoms with Gasteiger partial charge in [0.1, 0.15) is 0 Å². The van der Waals surface area contributed by atoms with Crippen LogP contribution in [0.15, 0.2) is 24.3 Å². The van der Waals surface area contributed by atoms with Crippen molar-refractivity contribution in [2.24, 2.45) is 0 Å². The van der Waals surface area contributed by atoms with Gasteiger partial charge in [0.15, 0.2) is 0 Å². The van der Waals surface area contributed by atoms with Crippen molar-refractivity contribution in [2.75, 3.05) is 20.8 Å². The monoisotopic (exact) mass is 398 g/mol. The number of methoxy groups -OCH3 is 1. The van der Waals surface area contributed by atoms with Crippen molar-refractivity contribution in [1.82, 2.24) is 20.0 Å². The van der Waals surface area contributed by atoms with Crippen molar-refractivity contribution < 1.29 is 22.7 Å². The van der Waals surface area contributed by atoms with Crippen molar-refractivity contribution in [1.29, 1.82) is 0 Å². The molecule has 0 saturated carbocycles. The number of amides is 2.